The lowest BCUT2D eigenvalue weighted by atomic mass is 10.1. The average Bonchev–Trinajstić information content (AvgIpc) is 2.48. The zero-order chi connectivity index (χ0) is 15.1. The van der Waals surface area contributed by atoms with Crippen LogP contribution in [0.2, 0.25) is 0 Å². The van der Waals surface area contributed by atoms with Crippen molar-refractivity contribution in [2.45, 2.75) is 25.5 Å². The Morgan fingerprint density at radius 1 is 1.19 bits per heavy atom. The highest BCUT2D eigenvalue weighted by molar-refractivity contribution is 5.95. The summed E-state index contributed by atoms with van der Waals surface area (Å²) in [6, 6.07) is 9.02. The van der Waals surface area contributed by atoms with Crippen LogP contribution in [0.15, 0.2) is 30.3 Å². The summed E-state index contributed by atoms with van der Waals surface area (Å²) in [7, 11) is 0. The second-order valence-electron chi connectivity index (χ2n) is 5.22. The highest BCUT2D eigenvalue weighted by Crippen LogP contribution is 2.08. The molecule has 1 aliphatic rings. The Hall–Kier alpha value is -1.92. The van der Waals surface area contributed by atoms with E-state index in [1.54, 1.807) is 0 Å². The quantitative estimate of drug-likeness (QED) is 0.753. The number of piperidine rings is 1. The van der Waals surface area contributed by atoms with Crippen molar-refractivity contribution in [2.24, 2.45) is 0 Å². The number of hydrogen-bond acceptors (Lipinski definition) is 4. The van der Waals surface area contributed by atoms with E-state index in [9.17, 15) is 14.7 Å². The van der Waals surface area contributed by atoms with E-state index in [2.05, 4.69) is 10.6 Å². The number of carbonyl (C=O) groups is 2. The first-order chi connectivity index (χ1) is 10.1. The highest BCUT2D eigenvalue weighted by atomic mass is 16.3. The molecule has 1 heterocycles. The second kappa shape index (κ2) is 7.75. The van der Waals surface area contributed by atoms with Crippen LogP contribution in [0.4, 0.5) is 4.79 Å². The van der Waals surface area contributed by atoms with Crippen molar-refractivity contribution in [2.75, 3.05) is 19.6 Å². The maximum absolute atomic E-state index is 11.7. The van der Waals surface area contributed by atoms with Gasteiger partial charge < -0.3 is 10.4 Å². The van der Waals surface area contributed by atoms with Gasteiger partial charge in [-0.1, -0.05) is 30.3 Å². The zero-order valence-electron chi connectivity index (χ0n) is 11.9. The van der Waals surface area contributed by atoms with Gasteiger partial charge in [0.25, 0.3) is 0 Å². The van der Waals surface area contributed by atoms with Gasteiger partial charge in [-0.05, 0) is 18.4 Å². The fraction of sp³-hybridized carbons (Fsp3) is 0.467. The zero-order valence-corrected chi connectivity index (χ0v) is 11.9. The van der Waals surface area contributed by atoms with Crippen molar-refractivity contribution in [3.8, 4) is 0 Å². The number of aliphatic hydroxyl groups is 1. The summed E-state index contributed by atoms with van der Waals surface area (Å²) in [4.78, 5) is 25.3. The highest BCUT2D eigenvalue weighted by Gasteiger charge is 2.19. The van der Waals surface area contributed by atoms with E-state index in [1.165, 1.54) is 0 Å². The first-order valence-electron chi connectivity index (χ1n) is 7.15. The summed E-state index contributed by atoms with van der Waals surface area (Å²) in [6.45, 7) is 1.93. The minimum Gasteiger partial charge on any atom is -0.393 e. The first kappa shape index (κ1) is 15.5. The van der Waals surface area contributed by atoms with Gasteiger partial charge in [-0.3, -0.25) is 15.0 Å². The molecule has 0 saturated carbocycles. The Kier molecular flexibility index (Phi) is 5.71. The van der Waals surface area contributed by atoms with E-state index < -0.39 is 6.03 Å². The number of benzene rings is 1. The van der Waals surface area contributed by atoms with Gasteiger partial charge in [-0.25, -0.2) is 4.79 Å². The molecule has 1 saturated heterocycles. The van der Waals surface area contributed by atoms with Crippen LogP contribution >= 0.6 is 0 Å². The number of amides is 3. The van der Waals surface area contributed by atoms with E-state index in [0.29, 0.717) is 32.5 Å². The van der Waals surface area contributed by atoms with E-state index in [1.807, 2.05) is 35.2 Å². The number of nitrogens with zero attached hydrogens (tertiary/aromatic N) is 1. The van der Waals surface area contributed by atoms with Crippen molar-refractivity contribution in [3.63, 3.8) is 0 Å². The van der Waals surface area contributed by atoms with Gasteiger partial charge in [0.1, 0.15) is 0 Å². The Balaban J connectivity index is 1.66. The molecule has 6 nitrogen and oxygen atoms in total. The second-order valence-corrected chi connectivity index (χ2v) is 5.22. The lowest BCUT2D eigenvalue weighted by Gasteiger charge is -2.28. The van der Waals surface area contributed by atoms with E-state index in [4.69, 9.17) is 0 Å². The lowest BCUT2D eigenvalue weighted by molar-refractivity contribution is -0.121. The number of nitrogens with one attached hydrogen (secondary N) is 2. The Morgan fingerprint density at radius 3 is 2.52 bits per heavy atom. The molecule has 0 radical (unpaired) electrons. The fourth-order valence-electron chi connectivity index (χ4n) is 2.27. The maximum Gasteiger partial charge on any atom is 0.321 e. The van der Waals surface area contributed by atoms with Gasteiger partial charge in [0.05, 0.1) is 12.6 Å². The minimum absolute atomic E-state index is 0.186. The van der Waals surface area contributed by atoms with Gasteiger partial charge in [0.15, 0.2) is 0 Å². The smallest absolute Gasteiger partial charge is 0.321 e. The molecular weight excluding hydrogens is 270 g/mol. The van der Waals surface area contributed by atoms with Crippen molar-refractivity contribution >= 4 is 11.9 Å². The predicted molar refractivity (Wildman–Crippen MR) is 78.5 cm³/mol. The minimum atomic E-state index is -0.485. The number of rotatable bonds is 4. The SMILES string of the molecule is O=C(CN1CCC(O)CC1)NC(=O)NCc1ccccc1. The van der Waals surface area contributed by atoms with Gasteiger partial charge in [0, 0.05) is 19.6 Å². The molecule has 3 amide bonds. The molecule has 0 unspecified atom stereocenters. The van der Waals surface area contributed by atoms with Crippen LogP contribution < -0.4 is 10.6 Å². The third kappa shape index (κ3) is 5.53. The predicted octanol–water partition coefficient (Wildman–Crippen LogP) is 0.469. The molecule has 2 rings (SSSR count). The summed E-state index contributed by atoms with van der Waals surface area (Å²) in [5, 5.41) is 14.4. The molecule has 21 heavy (non-hydrogen) atoms. The molecule has 3 N–H and O–H groups in total. The first-order valence-corrected chi connectivity index (χ1v) is 7.15. The molecule has 6 heteroatoms. The number of likely N-dealkylation sites (tertiary alicyclic amines) is 1. The molecule has 0 aromatic heterocycles. The molecule has 0 spiro atoms. The number of imide groups is 1. The largest absolute Gasteiger partial charge is 0.393 e. The third-order valence-corrected chi connectivity index (χ3v) is 3.47. The van der Waals surface area contributed by atoms with E-state index in [-0.39, 0.29) is 18.6 Å². The van der Waals surface area contributed by atoms with Crippen molar-refractivity contribution in [1.29, 1.82) is 0 Å². The molecule has 1 aliphatic heterocycles. The van der Waals surface area contributed by atoms with Gasteiger partial charge in [0.2, 0.25) is 5.91 Å². The number of hydrogen-bond donors (Lipinski definition) is 3. The summed E-state index contributed by atoms with van der Waals surface area (Å²) < 4.78 is 0. The average molecular weight is 291 g/mol. The number of carbonyl (C=O) groups excluding carboxylic acids is 2. The molecule has 0 atom stereocenters. The molecule has 1 fully saturated rings. The third-order valence-electron chi connectivity index (χ3n) is 3.47. The molecule has 0 bridgehead atoms. The lowest BCUT2D eigenvalue weighted by Crippen LogP contribution is -2.46. The topological polar surface area (TPSA) is 81.7 Å². The molecule has 1 aromatic carbocycles. The Morgan fingerprint density at radius 2 is 1.86 bits per heavy atom. The molecule has 114 valence electrons. The molecular formula is C15H21N3O3. The van der Waals surface area contributed by atoms with Crippen LogP contribution in [-0.4, -0.2) is 47.7 Å². The fourth-order valence-corrected chi connectivity index (χ4v) is 2.27. The van der Waals surface area contributed by atoms with E-state index in [0.717, 1.165) is 5.56 Å². The van der Waals surface area contributed by atoms with Gasteiger partial charge in [-0.15, -0.1) is 0 Å². The van der Waals surface area contributed by atoms with Gasteiger partial charge in [-0.2, -0.15) is 0 Å². The maximum atomic E-state index is 11.7. The van der Waals surface area contributed by atoms with Crippen LogP contribution in [0.25, 0.3) is 0 Å². The molecule has 0 aliphatic carbocycles. The summed E-state index contributed by atoms with van der Waals surface area (Å²) >= 11 is 0. The standard InChI is InChI=1S/C15H21N3O3/c19-13-6-8-18(9-7-13)11-14(20)17-15(21)16-10-12-4-2-1-3-5-12/h1-5,13,19H,6-11H2,(H2,16,17,20,21). The van der Waals surface area contributed by atoms with Crippen LogP contribution in [0, 0.1) is 0 Å². The van der Waals surface area contributed by atoms with Crippen LogP contribution in [0.1, 0.15) is 18.4 Å². The normalized spacial score (nSPS) is 16.4. The Labute approximate surface area is 124 Å². The van der Waals surface area contributed by atoms with Crippen molar-refractivity contribution in [3.05, 3.63) is 35.9 Å². The number of aliphatic hydroxyl groups excluding tert-OH is 1. The molecule has 1 aromatic rings. The summed E-state index contributed by atoms with van der Waals surface area (Å²) in [5.74, 6) is -0.322. The van der Waals surface area contributed by atoms with E-state index >= 15 is 0 Å². The summed E-state index contributed by atoms with van der Waals surface area (Å²) in [6.07, 6.45) is 1.08. The van der Waals surface area contributed by atoms with Crippen molar-refractivity contribution < 1.29 is 14.7 Å². The van der Waals surface area contributed by atoms with Crippen LogP contribution in [0.5, 0.6) is 0 Å². The summed E-state index contributed by atoms with van der Waals surface area (Å²) in [5.41, 5.74) is 0.977. The monoisotopic (exact) mass is 291 g/mol. The van der Waals surface area contributed by atoms with Crippen molar-refractivity contribution in [1.82, 2.24) is 15.5 Å². The van der Waals surface area contributed by atoms with Crippen LogP contribution in [0.3, 0.4) is 0 Å². The van der Waals surface area contributed by atoms with Gasteiger partial charge >= 0.3 is 6.03 Å². The Bertz CT molecular complexity index is 470. The number of urea groups is 1. The van der Waals surface area contributed by atoms with Crippen LogP contribution in [-0.2, 0) is 11.3 Å².